The van der Waals surface area contributed by atoms with Crippen LogP contribution in [-0.2, 0) is 17.9 Å². The Balaban J connectivity index is 1.38. The van der Waals surface area contributed by atoms with Crippen molar-refractivity contribution in [2.24, 2.45) is 0 Å². The molecule has 1 N–H and O–H groups in total. The van der Waals surface area contributed by atoms with Crippen molar-refractivity contribution in [2.75, 3.05) is 6.54 Å². The summed E-state index contributed by atoms with van der Waals surface area (Å²) < 4.78 is 40.8. The monoisotopic (exact) mass is 428 g/mol. The third kappa shape index (κ3) is 4.66. The predicted molar refractivity (Wildman–Crippen MR) is 112 cm³/mol. The molecule has 0 radical (unpaired) electrons. The van der Waals surface area contributed by atoms with Crippen molar-refractivity contribution in [3.63, 3.8) is 0 Å². The molecule has 1 heterocycles. The van der Waals surface area contributed by atoms with Gasteiger partial charge in [-0.05, 0) is 47.4 Å². The number of alkyl halides is 3. The molecule has 7 heteroatoms. The maximum absolute atomic E-state index is 13.0. The predicted octanol–water partition coefficient (Wildman–Crippen LogP) is 5.02. The number of benzene rings is 3. The van der Waals surface area contributed by atoms with Crippen LogP contribution in [-0.4, -0.2) is 29.3 Å². The van der Waals surface area contributed by atoms with E-state index in [-0.39, 0.29) is 11.7 Å². The highest BCUT2D eigenvalue weighted by Crippen LogP contribution is 2.33. The quantitative estimate of drug-likeness (QED) is 0.600. The molecule has 1 fully saturated rings. The van der Waals surface area contributed by atoms with Gasteiger partial charge in [0.1, 0.15) is 5.75 Å². The molecular formula is C24H23F3N2O2. The molecule has 1 aliphatic rings. The maximum Gasteiger partial charge on any atom is 0.573 e. The van der Waals surface area contributed by atoms with Gasteiger partial charge in [0, 0.05) is 19.6 Å². The molecular weight excluding hydrogens is 405 g/mol. The molecule has 162 valence electrons. The first kappa shape index (κ1) is 21.2. The van der Waals surface area contributed by atoms with E-state index in [1.807, 2.05) is 54.3 Å². The standard InChI is InChI=1S/C24H23F3N2O2/c1-23(22(30)28-15-19-7-4-6-18-5-2-3-8-21(18)19)13-14-29(23)16-17-9-11-20(12-10-17)31-24(25,26)27/h2-12H,13-16H2,1H3,(H,28,30). The van der Waals surface area contributed by atoms with Crippen molar-refractivity contribution >= 4 is 16.7 Å². The second kappa shape index (κ2) is 8.23. The summed E-state index contributed by atoms with van der Waals surface area (Å²) in [5, 5.41) is 5.30. The van der Waals surface area contributed by atoms with Crippen LogP contribution in [0.3, 0.4) is 0 Å². The fourth-order valence-corrected chi connectivity index (χ4v) is 3.95. The van der Waals surface area contributed by atoms with Crippen LogP contribution in [0.25, 0.3) is 10.8 Å². The number of ether oxygens (including phenoxy) is 1. The van der Waals surface area contributed by atoms with Crippen LogP contribution in [0, 0.1) is 0 Å². The molecule has 3 aromatic rings. The molecule has 1 amide bonds. The molecule has 1 unspecified atom stereocenters. The van der Waals surface area contributed by atoms with Crippen molar-refractivity contribution in [1.82, 2.24) is 10.2 Å². The first-order chi connectivity index (χ1) is 14.7. The molecule has 0 aromatic heterocycles. The molecule has 4 rings (SSSR count). The number of fused-ring (bicyclic) bond motifs is 1. The summed E-state index contributed by atoms with van der Waals surface area (Å²) in [6.45, 7) is 3.56. The van der Waals surface area contributed by atoms with Crippen molar-refractivity contribution in [3.05, 3.63) is 77.9 Å². The van der Waals surface area contributed by atoms with E-state index in [2.05, 4.69) is 10.1 Å². The van der Waals surface area contributed by atoms with Crippen LogP contribution in [0.4, 0.5) is 13.2 Å². The van der Waals surface area contributed by atoms with Crippen molar-refractivity contribution in [1.29, 1.82) is 0 Å². The molecule has 0 bridgehead atoms. The molecule has 0 saturated carbocycles. The van der Waals surface area contributed by atoms with Crippen molar-refractivity contribution in [2.45, 2.75) is 38.3 Å². The summed E-state index contributed by atoms with van der Waals surface area (Å²) in [6.07, 6.45) is -3.98. The highest BCUT2D eigenvalue weighted by atomic mass is 19.4. The van der Waals surface area contributed by atoms with Gasteiger partial charge in [-0.1, -0.05) is 54.6 Å². The molecule has 0 aliphatic carbocycles. The van der Waals surface area contributed by atoms with E-state index in [9.17, 15) is 18.0 Å². The third-order valence-electron chi connectivity index (χ3n) is 5.91. The Kier molecular flexibility index (Phi) is 5.62. The van der Waals surface area contributed by atoms with E-state index in [1.54, 1.807) is 12.1 Å². The Bertz CT molecular complexity index is 1080. The van der Waals surface area contributed by atoms with Gasteiger partial charge >= 0.3 is 6.36 Å². The Labute approximate surface area is 178 Å². The first-order valence-electron chi connectivity index (χ1n) is 10.1. The van der Waals surface area contributed by atoms with Gasteiger partial charge in [0.05, 0.1) is 5.54 Å². The van der Waals surface area contributed by atoms with Crippen LogP contribution in [0.1, 0.15) is 24.5 Å². The summed E-state index contributed by atoms with van der Waals surface area (Å²) in [7, 11) is 0. The molecule has 31 heavy (non-hydrogen) atoms. The van der Waals surface area contributed by atoms with Crippen LogP contribution in [0.5, 0.6) is 5.75 Å². The molecule has 4 nitrogen and oxygen atoms in total. The number of carbonyl (C=O) groups is 1. The summed E-state index contributed by atoms with van der Waals surface area (Å²) in [6, 6.07) is 19.8. The van der Waals surface area contributed by atoms with Crippen molar-refractivity contribution < 1.29 is 22.7 Å². The lowest BCUT2D eigenvalue weighted by Gasteiger charge is -2.49. The summed E-state index contributed by atoms with van der Waals surface area (Å²) in [5.41, 5.74) is 1.23. The smallest absolute Gasteiger partial charge is 0.406 e. The molecule has 1 aliphatic heterocycles. The maximum atomic E-state index is 13.0. The number of nitrogens with one attached hydrogen (secondary N) is 1. The molecule has 0 spiro atoms. The number of hydrogen-bond donors (Lipinski definition) is 1. The molecule has 3 aromatic carbocycles. The van der Waals surface area contributed by atoms with E-state index in [0.29, 0.717) is 13.1 Å². The van der Waals surface area contributed by atoms with E-state index in [0.717, 1.165) is 34.9 Å². The number of hydrogen-bond acceptors (Lipinski definition) is 3. The second-order valence-electron chi connectivity index (χ2n) is 7.96. The fraction of sp³-hybridized carbons (Fsp3) is 0.292. The number of rotatable bonds is 6. The number of nitrogens with zero attached hydrogens (tertiary/aromatic N) is 1. The average molecular weight is 428 g/mol. The first-order valence-corrected chi connectivity index (χ1v) is 10.1. The second-order valence-corrected chi connectivity index (χ2v) is 7.96. The van der Waals surface area contributed by atoms with E-state index >= 15 is 0 Å². The normalized spacial score (nSPS) is 19.1. The van der Waals surface area contributed by atoms with Crippen LogP contribution in [0.2, 0.25) is 0 Å². The topological polar surface area (TPSA) is 41.6 Å². The Morgan fingerprint density at radius 1 is 1.06 bits per heavy atom. The van der Waals surface area contributed by atoms with Gasteiger partial charge in [0.25, 0.3) is 0 Å². The minimum atomic E-state index is -4.71. The fourth-order valence-electron chi connectivity index (χ4n) is 3.95. The summed E-state index contributed by atoms with van der Waals surface area (Å²) in [4.78, 5) is 15.0. The van der Waals surface area contributed by atoms with E-state index < -0.39 is 11.9 Å². The largest absolute Gasteiger partial charge is 0.573 e. The average Bonchev–Trinajstić information content (AvgIpc) is 2.74. The summed E-state index contributed by atoms with van der Waals surface area (Å²) in [5.74, 6) is -0.306. The van der Waals surface area contributed by atoms with E-state index in [4.69, 9.17) is 0 Å². The minimum absolute atomic E-state index is 0.0521. The van der Waals surface area contributed by atoms with Gasteiger partial charge in [-0.3, -0.25) is 9.69 Å². The Morgan fingerprint density at radius 2 is 1.77 bits per heavy atom. The summed E-state index contributed by atoms with van der Waals surface area (Å²) >= 11 is 0. The highest BCUT2D eigenvalue weighted by Gasteiger charge is 2.46. The number of likely N-dealkylation sites (tertiary alicyclic amines) is 1. The zero-order valence-electron chi connectivity index (χ0n) is 17.1. The SMILES string of the molecule is CC1(C(=O)NCc2cccc3ccccc23)CCN1Cc1ccc(OC(F)(F)F)cc1. The molecule has 1 atom stereocenters. The van der Waals surface area contributed by atoms with Gasteiger partial charge in [-0.2, -0.15) is 0 Å². The van der Waals surface area contributed by atoms with Crippen LogP contribution >= 0.6 is 0 Å². The van der Waals surface area contributed by atoms with Crippen LogP contribution < -0.4 is 10.1 Å². The number of amides is 1. The van der Waals surface area contributed by atoms with Gasteiger partial charge in [-0.15, -0.1) is 13.2 Å². The van der Waals surface area contributed by atoms with Gasteiger partial charge in [-0.25, -0.2) is 0 Å². The van der Waals surface area contributed by atoms with Crippen LogP contribution in [0.15, 0.2) is 66.7 Å². The Morgan fingerprint density at radius 3 is 2.45 bits per heavy atom. The van der Waals surface area contributed by atoms with Gasteiger partial charge in [0.15, 0.2) is 0 Å². The minimum Gasteiger partial charge on any atom is -0.406 e. The lowest BCUT2D eigenvalue weighted by Crippen LogP contribution is -2.65. The zero-order chi connectivity index (χ0) is 22.1. The highest BCUT2D eigenvalue weighted by molar-refractivity contribution is 5.89. The lowest BCUT2D eigenvalue weighted by atomic mass is 9.85. The zero-order valence-corrected chi connectivity index (χ0v) is 17.1. The number of halogens is 3. The third-order valence-corrected chi connectivity index (χ3v) is 5.91. The van der Waals surface area contributed by atoms with E-state index in [1.165, 1.54) is 12.1 Å². The Hall–Kier alpha value is -3.06. The number of carbonyl (C=O) groups excluding carboxylic acids is 1. The van der Waals surface area contributed by atoms with Gasteiger partial charge in [0.2, 0.25) is 5.91 Å². The van der Waals surface area contributed by atoms with Crippen molar-refractivity contribution in [3.8, 4) is 5.75 Å². The van der Waals surface area contributed by atoms with Gasteiger partial charge < -0.3 is 10.1 Å². The lowest BCUT2D eigenvalue weighted by molar-refractivity contribution is -0.274. The molecule has 1 saturated heterocycles.